The summed E-state index contributed by atoms with van der Waals surface area (Å²) in [7, 11) is 1.62. The number of hydrogen-bond acceptors (Lipinski definition) is 3. The van der Waals surface area contributed by atoms with Crippen LogP contribution in [0.2, 0.25) is 0 Å². The van der Waals surface area contributed by atoms with E-state index in [4.69, 9.17) is 4.74 Å². The summed E-state index contributed by atoms with van der Waals surface area (Å²) in [5, 5.41) is 9.20. The number of nitriles is 1. The summed E-state index contributed by atoms with van der Waals surface area (Å²) < 4.78 is 5.09. The normalized spacial score (nSPS) is 10.8. The van der Waals surface area contributed by atoms with E-state index in [1.165, 1.54) is 0 Å². The van der Waals surface area contributed by atoms with Gasteiger partial charge in [0.1, 0.15) is 5.75 Å². The van der Waals surface area contributed by atoms with Crippen molar-refractivity contribution in [1.82, 2.24) is 4.98 Å². The predicted molar refractivity (Wildman–Crippen MR) is 70.7 cm³/mol. The minimum absolute atomic E-state index is 0.602. The van der Waals surface area contributed by atoms with Crippen LogP contribution in [0.5, 0.6) is 5.75 Å². The van der Waals surface area contributed by atoms with Crippen molar-refractivity contribution in [2.45, 2.75) is 0 Å². The molecule has 3 heteroatoms. The Morgan fingerprint density at radius 1 is 1.28 bits per heavy atom. The van der Waals surface area contributed by atoms with Crippen LogP contribution in [0.4, 0.5) is 0 Å². The first kappa shape index (κ1) is 11.9. The van der Waals surface area contributed by atoms with Crippen LogP contribution in [0.25, 0.3) is 11.6 Å². The third kappa shape index (κ3) is 2.74. The molecule has 2 rings (SSSR count). The summed E-state index contributed by atoms with van der Waals surface area (Å²) in [5.74, 6) is 0.775. The molecule has 0 N–H and O–H groups in total. The Kier molecular flexibility index (Phi) is 3.72. The number of allylic oxidation sites excluding steroid dienone is 1. The smallest absolute Gasteiger partial charge is 0.118 e. The summed E-state index contributed by atoms with van der Waals surface area (Å²) in [6, 6.07) is 13.4. The maximum Gasteiger partial charge on any atom is 0.118 e. The molecule has 1 aromatic carbocycles. The van der Waals surface area contributed by atoms with Gasteiger partial charge in [0.2, 0.25) is 0 Å². The van der Waals surface area contributed by atoms with Gasteiger partial charge in [-0.25, -0.2) is 0 Å². The van der Waals surface area contributed by atoms with Crippen molar-refractivity contribution in [2.24, 2.45) is 0 Å². The van der Waals surface area contributed by atoms with Gasteiger partial charge in [-0.3, -0.25) is 4.98 Å². The van der Waals surface area contributed by atoms with Gasteiger partial charge >= 0.3 is 0 Å². The number of benzene rings is 1. The van der Waals surface area contributed by atoms with Gasteiger partial charge in [0.25, 0.3) is 0 Å². The van der Waals surface area contributed by atoms with Gasteiger partial charge in [-0.15, -0.1) is 0 Å². The number of nitrogens with zero attached hydrogens (tertiary/aromatic N) is 2. The molecule has 18 heavy (non-hydrogen) atoms. The number of pyridine rings is 1. The van der Waals surface area contributed by atoms with Crippen molar-refractivity contribution < 1.29 is 4.74 Å². The van der Waals surface area contributed by atoms with Crippen molar-refractivity contribution in [3.05, 3.63) is 59.9 Å². The summed E-state index contributed by atoms with van der Waals surface area (Å²) in [6.07, 6.45) is 5.24. The van der Waals surface area contributed by atoms with Crippen LogP contribution < -0.4 is 4.74 Å². The van der Waals surface area contributed by atoms with Gasteiger partial charge in [0.05, 0.1) is 18.8 Å². The highest BCUT2D eigenvalue weighted by molar-refractivity contribution is 5.89. The summed E-state index contributed by atoms with van der Waals surface area (Å²) in [4.78, 5) is 4.02. The Labute approximate surface area is 106 Å². The van der Waals surface area contributed by atoms with Gasteiger partial charge in [0.15, 0.2) is 0 Å². The molecular formula is C15H12N2O. The molecule has 0 aliphatic rings. The lowest BCUT2D eigenvalue weighted by Gasteiger charge is -2.02. The van der Waals surface area contributed by atoms with E-state index in [1.807, 2.05) is 42.5 Å². The van der Waals surface area contributed by atoms with Crippen molar-refractivity contribution in [1.29, 1.82) is 5.26 Å². The fourth-order valence-corrected chi connectivity index (χ4v) is 1.58. The molecule has 0 bridgehead atoms. The lowest BCUT2D eigenvalue weighted by molar-refractivity contribution is 0.415. The van der Waals surface area contributed by atoms with Gasteiger partial charge in [-0.1, -0.05) is 6.07 Å². The quantitative estimate of drug-likeness (QED) is 0.769. The van der Waals surface area contributed by atoms with Gasteiger partial charge in [-0.2, -0.15) is 5.26 Å². The van der Waals surface area contributed by atoms with E-state index in [0.29, 0.717) is 5.57 Å². The standard InChI is InChI=1S/C15H12N2O/c1-18-15-6-4-13(5-7-15)14(10-16)9-12-3-2-8-17-11-12/h2-9,11H,1H3/b14-9+. The first-order valence-corrected chi connectivity index (χ1v) is 5.50. The molecule has 3 nitrogen and oxygen atoms in total. The van der Waals surface area contributed by atoms with Crippen molar-refractivity contribution in [3.63, 3.8) is 0 Å². The second-order valence-electron chi connectivity index (χ2n) is 3.68. The molecule has 2 aromatic rings. The molecular weight excluding hydrogens is 224 g/mol. The Hall–Kier alpha value is -2.60. The number of aromatic nitrogens is 1. The van der Waals surface area contributed by atoms with E-state index in [-0.39, 0.29) is 0 Å². The zero-order valence-electron chi connectivity index (χ0n) is 10.00. The van der Waals surface area contributed by atoms with Crippen LogP contribution in [-0.4, -0.2) is 12.1 Å². The summed E-state index contributed by atoms with van der Waals surface area (Å²) in [6.45, 7) is 0. The number of methoxy groups -OCH3 is 1. The zero-order chi connectivity index (χ0) is 12.8. The van der Waals surface area contributed by atoms with E-state index in [1.54, 1.807) is 19.5 Å². The highest BCUT2D eigenvalue weighted by Gasteiger charge is 2.01. The Balaban J connectivity index is 2.34. The van der Waals surface area contributed by atoms with Gasteiger partial charge in [0, 0.05) is 12.4 Å². The lowest BCUT2D eigenvalue weighted by Crippen LogP contribution is -1.85. The summed E-state index contributed by atoms with van der Waals surface area (Å²) in [5.41, 5.74) is 2.37. The molecule has 0 aliphatic heterocycles. The van der Waals surface area contributed by atoms with Crippen LogP contribution in [0.3, 0.4) is 0 Å². The minimum atomic E-state index is 0.602. The second-order valence-corrected chi connectivity index (χ2v) is 3.68. The topological polar surface area (TPSA) is 45.9 Å². The molecule has 0 spiro atoms. The number of hydrogen-bond donors (Lipinski definition) is 0. The highest BCUT2D eigenvalue weighted by atomic mass is 16.5. The molecule has 0 unspecified atom stereocenters. The third-order valence-electron chi connectivity index (χ3n) is 2.52. The number of ether oxygens (including phenoxy) is 1. The average molecular weight is 236 g/mol. The fraction of sp³-hybridized carbons (Fsp3) is 0.0667. The minimum Gasteiger partial charge on any atom is -0.497 e. The highest BCUT2D eigenvalue weighted by Crippen LogP contribution is 2.20. The second kappa shape index (κ2) is 5.65. The molecule has 0 saturated carbocycles. The van der Waals surface area contributed by atoms with E-state index in [2.05, 4.69) is 11.1 Å². The first-order chi connectivity index (χ1) is 8.83. The molecule has 1 aromatic heterocycles. The van der Waals surface area contributed by atoms with Crippen LogP contribution >= 0.6 is 0 Å². The van der Waals surface area contributed by atoms with E-state index < -0.39 is 0 Å². The van der Waals surface area contributed by atoms with Gasteiger partial charge < -0.3 is 4.74 Å². The van der Waals surface area contributed by atoms with Gasteiger partial charge in [-0.05, 0) is 47.5 Å². The molecule has 0 saturated heterocycles. The monoisotopic (exact) mass is 236 g/mol. The Morgan fingerprint density at radius 2 is 2.06 bits per heavy atom. The van der Waals surface area contributed by atoms with E-state index in [0.717, 1.165) is 16.9 Å². The first-order valence-electron chi connectivity index (χ1n) is 5.50. The fourth-order valence-electron chi connectivity index (χ4n) is 1.58. The SMILES string of the molecule is COc1ccc(/C(C#N)=C/c2cccnc2)cc1. The lowest BCUT2D eigenvalue weighted by atomic mass is 10.0. The van der Waals surface area contributed by atoms with Crippen molar-refractivity contribution in [3.8, 4) is 11.8 Å². The Bertz CT molecular complexity index is 580. The van der Waals surface area contributed by atoms with Crippen LogP contribution in [0.15, 0.2) is 48.8 Å². The van der Waals surface area contributed by atoms with Crippen LogP contribution in [0.1, 0.15) is 11.1 Å². The predicted octanol–water partition coefficient (Wildman–Crippen LogP) is 3.15. The van der Waals surface area contributed by atoms with Crippen molar-refractivity contribution >= 4 is 11.6 Å². The molecule has 0 radical (unpaired) electrons. The molecule has 0 fully saturated rings. The van der Waals surface area contributed by atoms with Crippen LogP contribution in [0, 0.1) is 11.3 Å². The van der Waals surface area contributed by atoms with E-state index in [9.17, 15) is 5.26 Å². The molecule has 0 aliphatic carbocycles. The molecule has 0 amide bonds. The maximum absolute atomic E-state index is 9.20. The summed E-state index contributed by atoms with van der Waals surface area (Å²) >= 11 is 0. The Morgan fingerprint density at radius 3 is 2.61 bits per heavy atom. The zero-order valence-corrected chi connectivity index (χ0v) is 10.00. The number of rotatable bonds is 3. The molecule has 88 valence electrons. The third-order valence-corrected chi connectivity index (χ3v) is 2.52. The van der Waals surface area contributed by atoms with E-state index >= 15 is 0 Å². The molecule has 1 heterocycles. The molecule has 0 atom stereocenters. The average Bonchev–Trinajstić information content (AvgIpc) is 2.46. The maximum atomic E-state index is 9.20. The van der Waals surface area contributed by atoms with Crippen LogP contribution in [-0.2, 0) is 0 Å². The van der Waals surface area contributed by atoms with Crippen molar-refractivity contribution in [2.75, 3.05) is 7.11 Å². The largest absolute Gasteiger partial charge is 0.497 e.